The predicted molar refractivity (Wildman–Crippen MR) is 120 cm³/mol. The van der Waals surface area contributed by atoms with E-state index in [1.54, 1.807) is 11.8 Å². The minimum Gasteiger partial charge on any atom is -0.452 e. The highest BCUT2D eigenvalue weighted by molar-refractivity contribution is 7.98. The van der Waals surface area contributed by atoms with Gasteiger partial charge < -0.3 is 10.1 Å². The van der Waals surface area contributed by atoms with Gasteiger partial charge in [0.05, 0.1) is 16.8 Å². The predicted octanol–water partition coefficient (Wildman–Crippen LogP) is 4.88. The van der Waals surface area contributed by atoms with Crippen LogP contribution in [-0.4, -0.2) is 29.7 Å². The Morgan fingerprint density at radius 2 is 1.93 bits per heavy atom. The van der Waals surface area contributed by atoms with E-state index in [0.717, 1.165) is 46.3 Å². The van der Waals surface area contributed by atoms with Gasteiger partial charge in [-0.25, -0.2) is 4.79 Å². The first kappa shape index (κ1) is 20.4. The molecule has 6 heteroatoms. The monoisotopic (exact) mass is 420 g/mol. The average molecular weight is 421 g/mol. The van der Waals surface area contributed by atoms with Crippen molar-refractivity contribution in [3.8, 4) is 0 Å². The number of aryl methyl sites for hydroxylation is 1. The highest BCUT2D eigenvalue weighted by Gasteiger charge is 2.26. The van der Waals surface area contributed by atoms with Gasteiger partial charge in [0.25, 0.3) is 5.91 Å². The lowest BCUT2D eigenvalue weighted by Crippen LogP contribution is -2.23. The van der Waals surface area contributed by atoms with Crippen molar-refractivity contribution in [2.24, 2.45) is 5.92 Å². The number of carbonyl (C=O) groups is 2. The molecule has 0 radical (unpaired) electrons. The SMILES string of the molecule is CSc1ccccc1NC(=O)COC(=O)c1c2c(nc3ccccc13)CCC(C)C2. The molecule has 1 N–H and O–H groups in total. The Morgan fingerprint density at radius 3 is 2.77 bits per heavy atom. The molecule has 154 valence electrons. The minimum atomic E-state index is -0.466. The quantitative estimate of drug-likeness (QED) is 0.471. The van der Waals surface area contributed by atoms with Crippen molar-refractivity contribution in [3.05, 3.63) is 65.4 Å². The Balaban J connectivity index is 1.56. The number of hydrogen-bond acceptors (Lipinski definition) is 5. The second-order valence-electron chi connectivity index (χ2n) is 7.60. The van der Waals surface area contributed by atoms with Gasteiger partial charge >= 0.3 is 5.97 Å². The van der Waals surface area contributed by atoms with E-state index in [9.17, 15) is 9.59 Å². The Kier molecular flexibility index (Phi) is 6.04. The van der Waals surface area contributed by atoms with Crippen LogP contribution in [0.2, 0.25) is 0 Å². The van der Waals surface area contributed by atoms with E-state index >= 15 is 0 Å². The number of amides is 1. The highest BCUT2D eigenvalue weighted by atomic mass is 32.2. The van der Waals surface area contributed by atoms with Crippen LogP contribution in [0.5, 0.6) is 0 Å². The maximum atomic E-state index is 13.1. The van der Waals surface area contributed by atoms with Crippen LogP contribution in [0, 0.1) is 5.92 Å². The van der Waals surface area contributed by atoms with Crippen molar-refractivity contribution < 1.29 is 14.3 Å². The van der Waals surface area contributed by atoms with Crippen LogP contribution in [0.15, 0.2) is 53.4 Å². The molecule has 0 saturated carbocycles. The number of para-hydroxylation sites is 2. The van der Waals surface area contributed by atoms with Crippen molar-refractivity contribution in [3.63, 3.8) is 0 Å². The van der Waals surface area contributed by atoms with Crippen molar-refractivity contribution in [2.45, 2.75) is 31.1 Å². The number of fused-ring (bicyclic) bond motifs is 2. The van der Waals surface area contributed by atoms with Crippen LogP contribution in [0.4, 0.5) is 5.69 Å². The molecule has 0 spiro atoms. The molecule has 0 saturated heterocycles. The molecule has 1 unspecified atom stereocenters. The summed E-state index contributed by atoms with van der Waals surface area (Å²) in [6.45, 7) is 1.85. The lowest BCUT2D eigenvalue weighted by Gasteiger charge is -2.24. The van der Waals surface area contributed by atoms with E-state index in [-0.39, 0.29) is 12.5 Å². The molecule has 2 aromatic carbocycles. The summed E-state index contributed by atoms with van der Waals surface area (Å²) in [5.41, 5.74) is 3.99. The fourth-order valence-electron chi connectivity index (χ4n) is 3.93. The molecular weight excluding hydrogens is 396 g/mol. The van der Waals surface area contributed by atoms with Gasteiger partial charge in [-0.3, -0.25) is 9.78 Å². The van der Waals surface area contributed by atoms with E-state index in [0.29, 0.717) is 17.2 Å². The Morgan fingerprint density at radius 1 is 1.17 bits per heavy atom. The Hall–Kier alpha value is -2.86. The number of nitrogens with one attached hydrogen (secondary N) is 1. The molecule has 3 aromatic rings. The number of anilines is 1. The first-order valence-electron chi connectivity index (χ1n) is 10.1. The standard InChI is InChI=1S/C24H24N2O3S/c1-15-11-12-19-17(13-15)23(16-7-3-4-8-18(16)25-19)24(28)29-14-22(27)26-20-9-5-6-10-21(20)30-2/h3-10,15H,11-14H2,1-2H3,(H,26,27). The maximum absolute atomic E-state index is 13.1. The third-order valence-corrected chi connectivity index (χ3v) is 6.22. The molecular formula is C24H24N2O3S. The van der Waals surface area contributed by atoms with Crippen LogP contribution in [-0.2, 0) is 22.4 Å². The average Bonchev–Trinajstić information content (AvgIpc) is 2.76. The highest BCUT2D eigenvalue weighted by Crippen LogP contribution is 2.32. The van der Waals surface area contributed by atoms with E-state index in [1.807, 2.05) is 54.8 Å². The molecule has 1 amide bonds. The molecule has 30 heavy (non-hydrogen) atoms. The second-order valence-corrected chi connectivity index (χ2v) is 8.45. The summed E-state index contributed by atoms with van der Waals surface area (Å²) in [4.78, 5) is 31.2. The second kappa shape index (κ2) is 8.88. The molecule has 1 aromatic heterocycles. The van der Waals surface area contributed by atoms with Gasteiger partial charge in [-0.15, -0.1) is 11.8 Å². The summed E-state index contributed by atoms with van der Waals surface area (Å²) >= 11 is 1.55. The number of pyridine rings is 1. The molecule has 1 atom stereocenters. The van der Waals surface area contributed by atoms with Crippen molar-refractivity contribution in [1.29, 1.82) is 0 Å². The number of carbonyl (C=O) groups excluding carboxylic acids is 2. The zero-order valence-electron chi connectivity index (χ0n) is 17.1. The zero-order valence-corrected chi connectivity index (χ0v) is 17.9. The van der Waals surface area contributed by atoms with Crippen molar-refractivity contribution >= 4 is 40.2 Å². The number of aromatic nitrogens is 1. The third kappa shape index (κ3) is 4.19. The number of benzene rings is 2. The summed E-state index contributed by atoms with van der Waals surface area (Å²) in [6.07, 6.45) is 4.66. The van der Waals surface area contributed by atoms with E-state index in [4.69, 9.17) is 9.72 Å². The van der Waals surface area contributed by atoms with Gasteiger partial charge in [0.1, 0.15) is 0 Å². The van der Waals surface area contributed by atoms with Gasteiger partial charge in [0.15, 0.2) is 6.61 Å². The molecule has 1 heterocycles. The van der Waals surface area contributed by atoms with E-state index in [2.05, 4.69) is 12.2 Å². The van der Waals surface area contributed by atoms with Crippen LogP contribution in [0.3, 0.4) is 0 Å². The maximum Gasteiger partial charge on any atom is 0.339 e. The fraction of sp³-hybridized carbons (Fsp3) is 0.292. The topological polar surface area (TPSA) is 68.3 Å². The number of hydrogen-bond donors (Lipinski definition) is 1. The number of esters is 1. The van der Waals surface area contributed by atoms with E-state index in [1.165, 1.54) is 0 Å². The number of thioether (sulfide) groups is 1. The molecule has 5 nitrogen and oxygen atoms in total. The lowest BCUT2D eigenvalue weighted by atomic mass is 9.84. The molecule has 1 aliphatic carbocycles. The summed E-state index contributed by atoms with van der Waals surface area (Å²) in [5, 5.41) is 3.61. The van der Waals surface area contributed by atoms with E-state index < -0.39 is 5.97 Å². The lowest BCUT2D eigenvalue weighted by molar-refractivity contribution is -0.119. The van der Waals surface area contributed by atoms with Gasteiger partial charge in [0.2, 0.25) is 0 Å². The summed E-state index contributed by atoms with van der Waals surface area (Å²) in [7, 11) is 0. The fourth-order valence-corrected chi connectivity index (χ4v) is 4.49. The number of nitrogens with zero attached hydrogens (tertiary/aromatic N) is 1. The van der Waals surface area contributed by atoms with Crippen LogP contribution in [0.25, 0.3) is 10.9 Å². The molecule has 4 rings (SSSR count). The Bertz CT molecular complexity index is 1110. The number of ether oxygens (including phenoxy) is 1. The zero-order chi connectivity index (χ0) is 21.1. The van der Waals surface area contributed by atoms with Gasteiger partial charge in [-0.1, -0.05) is 37.3 Å². The van der Waals surface area contributed by atoms with Crippen LogP contribution < -0.4 is 5.32 Å². The third-order valence-electron chi connectivity index (χ3n) is 5.42. The summed E-state index contributed by atoms with van der Waals surface area (Å²) in [5.74, 6) is -0.337. The Labute approximate surface area is 180 Å². The van der Waals surface area contributed by atoms with Crippen molar-refractivity contribution in [1.82, 2.24) is 4.98 Å². The number of rotatable bonds is 5. The van der Waals surface area contributed by atoms with Crippen LogP contribution >= 0.6 is 11.8 Å². The van der Waals surface area contributed by atoms with Crippen LogP contribution in [0.1, 0.15) is 35.0 Å². The molecule has 0 aliphatic heterocycles. The largest absolute Gasteiger partial charge is 0.452 e. The normalized spacial score (nSPS) is 15.5. The molecule has 0 fully saturated rings. The van der Waals surface area contributed by atoms with Crippen molar-refractivity contribution in [2.75, 3.05) is 18.2 Å². The first-order chi connectivity index (χ1) is 14.6. The molecule has 0 bridgehead atoms. The summed E-state index contributed by atoms with van der Waals surface area (Å²) < 4.78 is 5.46. The molecule has 1 aliphatic rings. The van der Waals surface area contributed by atoms with Gasteiger partial charge in [-0.2, -0.15) is 0 Å². The van der Waals surface area contributed by atoms with Gasteiger partial charge in [-0.05, 0) is 55.2 Å². The summed E-state index contributed by atoms with van der Waals surface area (Å²) in [6, 6.07) is 15.2. The smallest absolute Gasteiger partial charge is 0.339 e. The minimum absolute atomic E-state index is 0.331. The first-order valence-corrected chi connectivity index (χ1v) is 11.3. The van der Waals surface area contributed by atoms with Gasteiger partial charge in [0, 0.05) is 16.0 Å².